The highest BCUT2D eigenvalue weighted by Gasteiger charge is 2.18. The second kappa shape index (κ2) is 7.28. The molecule has 1 rings (SSSR count). The lowest BCUT2D eigenvalue weighted by Gasteiger charge is -2.23. The topological polar surface area (TPSA) is 58.1 Å². The molecule has 1 unspecified atom stereocenters. The fraction of sp³-hybridized carbons (Fsp3) is 0.615. The number of hydrogen-bond donors (Lipinski definition) is 1. The average Bonchev–Trinajstić information content (AvgIpc) is 2.39. The van der Waals surface area contributed by atoms with Gasteiger partial charge in [0, 0.05) is 25.6 Å². The van der Waals surface area contributed by atoms with Gasteiger partial charge in [0.15, 0.2) is 0 Å². The van der Waals surface area contributed by atoms with Gasteiger partial charge in [-0.1, -0.05) is 18.5 Å². The molecule has 1 amide bonds. The lowest BCUT2D eigenvalue weighted by atomic mass is 10.2. The molecule has 0 bridgehead atoms. The Morgan fingerprint density at radius 2 is 2.00 bits per heavy atom. The SMILES string of the molecule is CCc1nc(Cl)cc(NC(C)C(=O)N(CC)CC)n1. The van der Waals surface area contributed by atoms with Crippen molar-refractivity contribution in [2.24, 2.45) is 0 Å². The molecule has 106 valence electrons. The minimum absolute atomic E-state index is 0.0535. The van der Waals surface area contributed by atoms with E-state index in [1.165, 1.54) is 0 Å². The first-order valence-electron chi connectivity index (χ1n) is 6.60. The minimum Gasteiger partial charge on any atom is -0.358 e. The van der Waals surface area contributed by atoms with Crippen molar-refractivity contribution in [2.75, 3.05) is 18.4 Å². The summed E-state index contributed by atoms with van der Waals surface area (Å²) in [5.41, 5.74) is 0. The van der Waals surface area contributed by atoms with E-state index >= 15 is 0 Å². The van der Waals surface area contributed by atoms with Crippen molar-refractivity contribution in [2.45, 2.75) is 40.2 Å². The van der Waals surface area contributed by atoms with Gasteiger partial charge in [0.2, 0.25) is 5.91 Å². The van der Waals surface area contributed by atoms with E-state index in [1.807, 2.05) is 27.7 Å². The summed E-state index contributed by atoms with van der Waals surface area (Å²) < 4.78 is 0. The summed E-state index contributed by atoms with van der Waals surface area (Å²) in [7, 11) is 0. The van der Waals surface area contributed by atoms with Gasteiger partial charge < -0.3 is 10.2 Å². The highest BCUT2D eigenvalue weighted by molar-refractivity contribution is 6.29. The van der Waals surface area contributed by atoms with Gasteiger partial charge >= 0.3 is 0 Å². The molecule has 1 aromatic heterocycles. The number of nitrogens with zero attached hydrogens (tertiary/aromatic N) is 3. The molecule has 0 aromatic carbocycles. The number of carbonyl (C=O) groups is 1. The monoisotopic (exact) mass is 284 g/mol. The Morgan fingerprint density at radius 3 is 2.53 bits per heavy atom. The van der Waals surface area contributed by atoms with Crippen LogP contribution < -0.4 is 5.32 Å². The third-order valence-corrected chi connectivity index (χ3v) is 3.06. The first kappa shape index (κ1) is 15.7. The van der Waals surface area contributed by atoms with Gasteiger partial charge in [-0.15, -0.1) is 0 Å². The second-order valence-electron chi connectivity index (χ2n) is 4.22. The largest absolute Gasteiger partial charge is 0.358 e. The zero-order valence-electron chi connectivity index (χ0n) is 11.9. The van der Waals surface area contributed by atoms with Crippen molar-refractivity contribution in [3.8, 4) is 0 Å². The molecule has 0 spiro atoms. The van der Waals surface area contributed by atoms with Gasteiger partial charge in [-0.3, -0.25) is 4.79 Å². The number of halogens is 1. The standard InChI is InChI=1S/C13H21ClN4O/c1-5-11-16-10(14)8-12(17-11)15-9(4)13(19)18(6-2)7-3/h8-9H,5-7H2,1-4H3,(H,15,16,17). The number of nitrogens with one attached hydrogen (secondary N) is 1. The van der Waals surface area contributed by atoms with Gasteiger partial charge in [-0.25, -0.2) is 9.97 Å². The van der Waals surface area contributed by atoms with Gasteiger partial charge in [-0.2, -0.15) is 0 Å². The Labute approximate surface area is 119 Å². The van der Waals surface area contributed by atoms with Crippen LogP contribution in [0.25, 0.3) is 0 Å². The predicted molar refractivity (Wildman–Crippen MR) is 77.4 cm³/mol. The van der Waals surface area contributed by atoms with Gasteiger partial charge in [0.25, 0.3) is 0 Å². The first-order valence-corrected chi connectivity index (χ1v) is 6.98. The molecule has 1 aromatic rings. The molecule has 0 radical (unpaired) electrons. The second-order valence-corrected chi connectivity index (χ2v) is 4.61. The molecular formula is C13H21ClN4O. The molecule has 0 aliphatic carbocycles. The minimum atomic E-state index is -0.337. The Hall–Kier alpha value is -1.36. The van der Waals surface area contributed by atoms with Crippen molar-refractivity contribution >= 4 is 23.3 Å². The van der Waals surface area contributed by atoms with E-state index in [0.29, 0.717) is 36.3 Å². The molecule has 1 atom stereocenters. The van der Waals surface area contributed by atoms with E-state index in [-0.39, 0.29) is 11.9 Å². The quantitative estimate of drug-likeness (QED) is 0.815. The van der Waals surface area contributed by atoms with Crippen molar-refractivity contribution < 1.29 is 4.79 Å². The van der Waals surface area contributed by atoms with Crippen LogP contribution >= 0.6 is 11.6 Å². The molecule has 0 aliphatic rings. The summed E-state index contributed by atoms with van der Waals surface area (Å²) in [6.07, 6.45) is 0.702. The highest BCUT2D eigenvalue weighted by Crippen LogP contribution is 2.13. The third kappa shape index (κ3) is 4.35. The van der Waals surface area contributed by atoms with Crippen LogP contribution in [0.4, 0.5) is 5.82 Å². The summed E-state index contributed by atoms with van der Waals surface area (Å²) in [5.74, 6) is 1.31. The summed E-state index contributed by atoms with van der Waals surface area (Å²) in [4.78, 5) is 22.3. The van der Waals surface area contributed by atoms with Crippen LogP contribution in [-0.2, 0) is 11.2 Å². The van der Waals surface area contributed by atoms with E-state index in [9.17, 15) is 4.79 Å². The summed E-state index contributed by atoms with van der Waals surface area (Å²) in [6.45, 7) is 9.11. The normalized spacial score (nSPS) is 12.1. The van der Waals surface area contributed by atoms with Gasteiger partial charge in [0.05, 0.1) is 0 Å². The number of hydrogen-bond acceptors (Lipinski definition) is 4. The lowest BCUT2D eigenvalue weighted by Crippen LogP contribution is -2.41. The predicted octanol–water partition coefficient (Wildman–Crippen LogP) is 2.36. The molecule has 6 heteroatoms. The summed E-state index contributed by atoms with van der Waals surface area (Å²) in [5, 5.41) is 3.47. The Morgan fingerprint density at radius 1 is 1.37 bits per heavy atom. The zero-order chi connectivity index (χ0) is 14.4. The Kier molecular flexibility index (Phi) is 6.02. The number of aryl methyl sites for hydroxylation is 1. The molecule has 0 saturated carbocycles. The number of amides is 1. The van der Waals surface area contributed by atoms with Crippen LogP contribution in [-0.4, -0.2) is 39.9 Å². The maximum atomic E-state index is 12.1. The zero-order valence-corrected chi connectivity index (χ0v) is 12.7. The van der Waals surface area contributed by atoms with Crippen LogP contribution in [0.2, 0.25) is 5.15 Å². The third-order valence-electron chi connectivity index (χ3n) is 2.87. The van der Waals surface area contributed by atoms with Crippen molar-refractivity contribution in [1.29, 1.82) is 0 Å². The molecule has 0 fully saturated rings. The number of rotatable bonds is 6. The maximum absolute atomic E-state index is 12.1. The highest BCUT2D eigenvalue weighted by atomic mass is 35.5. The molecule has 1 heterocycles. The van der Waals surface area contributed by atoms with Crippen molar-refractivity contribution in [3.05, 3.63) is 17.0 Å². The van der Waals surface area contributed by atoms with Gasteiger partial charge in [-0.05, 0) is 20.8 Å². The number of aromatic nitrogens is 2. The summed E-state index contributed by atoms with van der Waals surface area (Å²) >= 11 is 5.92. The number of likely N-dealkylation sites (N-methyl/N-ethyl adjacent to an activating group) is 1. The number of carbonyl (C=O) groups excluding carboxylic acids is 1. The van der Waals surface area contributed by atoms with E-state index in [4.69, 9.17) is 11.6 Å². The lowest BCUT2D eigenvalue weighted by molar-refractivity contribution is -0.131. The fourth-order valence-corrected chi connectivity index (χ4v) is 1.99. The summed E-state index contributed by atoms with van der Waals surface area (Å²) in [6, 6.07) is 1.29. The smallest absolute Gasteiger partial charge is 0.244 e. The van der Waals surface area contributed by atoms with Crippen LogP contribution in [0, 0.1) is 0 Å². The van der Waals surface area contributed by atoms with Crippen LogP contribution in [0.5, 0.6) is 0 Å². The van der Waals surface area contributed by atoms with Crippen LogP contribution in [0.1, 0.15) is 33.5 Å². The van der Waals surface area contributed by atoms with Crippen molar-refractivity contribution in [3.63, 3.8) is 0 Å². The fourth-order valence-electron chi connectivity index (χ4n) is 1.79. The van der Waals surface area contributed by atoms with Crippen LogP contribution in [0.3, 0.4) is 0 Å². The Balaban J connectivity index is 2.78. The molecule has 1 N–H and O–H groups in total. The van der Waals surface area contributed by atoms with E-state index in [1.54, 1.807) is 11.0 Å². The van der Waals surface area contributed by atoms with E-state index in [2.05, 4.69) is 15.3 Å². The molecular weight excluding hydrogens is 264 g/mol. The molecule has 0 aliphatic heterocycles. The molecule has 0 saturated heterocycles. The first-order chi connectivity index (χ1) is 9.01. The average molecular weight is 285 g/mol. The van der Waals surface area contributed by atoms with Crippen LogP contribution in [0.15, 0.2) is 6.07 Å². The number of anilines is 1. The van der Waals surface area contributed by atoms with Gasteiger partial charge in [0.1, 0.15) is 22.8 Å². The van der Waals surface area contributed by atoms with E-state index in [0.717, 1.165) is 0 Å². The Bertz CT molecular complexity index is 435. The van der Waals surface area contributed by atoms with Crippen molar-refractivity contribution in [1.82, 2.24) is 14.9 Å². The molecule has 5 nitrogen and oxygen atoms in total. The molecule has 19 heavy (non-hydrogen) atoms. The van der Waals surface area contributed by atoms with E-state index < -0.39 is 0 Å². The maximum Gasteiger partial charge on any atom is 0.244 e.